The number of rotatable bonds is 4. The van der Waals surface area contributed by atoms with Crippen molar-refractivity contribution in [3.05, 3.63) is 99.9 Å². The summed E-state index contributed by atoms with van der Waals surface area (Å²) in [5, 5.41) is 1.44. The van der Waals surface area contributed by atoms with Crippen molar-refractivity contribution >= 4 is 46.6 Å². The van der Waals surface area contributed by atoms with E-state index in [0.29, 0.717) is 18.7 Å². The van der Waals surface area contributed by atoms with Gasteiger partial charge in [-0.15, -0.1) is 0 Å². The predicted molar refractivity (Wildman–Crippen MR) is 135 cm³/mol. The fourth-order valence-electron chi connectivity index (χ4n) is 4.96. The molecule has 0 amide bonds. The molecule has 1 fully saturated rings. The molecular weight excluding hydrogens is 453 g/mol. The van der Waals surface area contributed by atoms with E-state index in [4.69, 9.17) is 23.2 Å². The molecule has 1 atom stereocenters. The van der Waals surface area contributed by atoms with E-state index in [-0.39, 0.29) is 5.41 Å². The number of anilines is 2. The minimum atomic E-state index is -0.174. The van der Waals surface area contributed by atoms with Gasteiger partial charge in [-0.1, -0.05) is 47.5 Å². The molecule has 4 nitrogen and oxygen atoms in total. The molecule has 33 heavy (non-hydrogen) atoms. The summed E-state index contributed by atoms with van der Waals surface area (Å²) < 4.78 is 0. The van der Waals surface area contributed by atoms with Crippen LogP contribution in [0.4, 0.5) is 11.4 Å². The molecule has 1 saturated heterocycles. The molecule has 3 aromatic rings. The van der Waals surface area contributed by atoms with E-state index < -0.39 is 0 Å². The third kappa shape index (κ3) is 4.30. The van der Waals surface area contributed by atoms with Crippen LogP contribution in [0.1, 0.15) is 24.0 Å². The van der Waals surface area contributed by atoms with Gasteiger partial charge in [0.15, 0.2) is 0 Å². The maximum Gasteiger partial charge on any atom is 0.145 e. The molecular formula is C27H23Cl2N3O. The van der Waals surface area contributed by atoms with Gasteiger partial charge >= 0.3 is 0 Å². The minimum absolute atomic E-state index is 0.174. The maximum atomic E-state index is 12.0. The van der Waals surface area contributed by atoms with E-state index in [1.807, 2.05) is 54.9 Å². The van der Waals surface area contributed by atoms with Crippen LogP contribution in [0.5, 0.6) is 0 Å². The van der Waals surface area contributed by atoms with E-state index in [9.17, 15) is 4.79 Å². The highest BCUT2D eigenvalue weighted by Crippen LogP contribution is 2.51. The van der Waals surface area contributed by atoms with Crippen molar-refractivity contribution in [1.82, 2.24) is 9.88 Å². The number of pyridine rings is 1. The van der Waals surface area contributed by atoms with Crippen LogP contribution in [0.25, 0.3) is 6.08 Å². The SMILES string of the molecule is O=C=C1CC2(CCN1C/C=C/c1ccc(Cl)cc1)CN(c1ccncc1)c1ccc(Cl)cc12. The molecule has 2 aliphatic heterocycles. The van der Waals surface area contributed by atoms with Gasteiger partial charge in [0.05, 0.1) is 0 Å². The van der Waals surface area contributed by atoms with Crippen LogP contribution in [0.15, 0.2) is 78.8 Å². The Balaban J connectivity index is 1.39. The zero-order chi connectivity index (χ0) is 22.8. The van der Waals surface area contributed by atoms with Crippen LogP contribution in [-0.4, -0.2) is 35.5 Å². The fraction of sp³-hybridized carbons (Fsp3) is 0.222. The average molecular weight is 476 g/mol. The molecule has 0 N–H and O–H groups in total. The summed E-state index contributed by atoms with van der Waals surface area (Å²) in [5.41, 5.74) is 5.06. The van der Waals surface area contributed by atoms with E-state index in [2.05, 4.69) is 45.0 Å². The molecule has 6 heteroatoms. The molecule has 0 saturated carbocycles. The van der Waals surface area contributed by atoms with Crippen molar-refractivity contribution in [3.63, 3.8) is 0 Å². The molecule has 0 radical (unpaired) electrons. The summed E-state index contributed by atoms with van der Waals surface area (Å²) in [6.07, 6.45) is 9.33. The van der Waals surface area contributed by atoms with Crippen LogP contribution < -0.4 is 4.90 Å². The Kier molecular flexibility index (Phi) is 5.99. The molecule has 5 rings (SSSR count). The van der Waals surface area contributed by atoms with Gasteiger partial charge in [-0.3, -0.25) is 4.98 Å². The average Bonchev–Trinajstić information content (AvgIpc) is 3.15. The molecule has 1 aromatic heterocycles. The van der Waals surface area contributed by atoms with E-state index >= 15 is 0 Å². The van der Waals surface area contributed by atoms with Crippen LogP contribution in [-0.2, 0) is 10.2 Å². The first-order valence-corrected chi connectivity index (χ1v) is 11.7. The van der Waals surface area contributed by atoms with Gasteiger partial charge in [0.1, 0.15) is 11.6 Å². The van der Waals surface area contributed by atoms with Crippen molar-refractivity contribution in [2.45, 2.75) is 18.3 Å². The second kappa shape index (κ2) is 9.07. The number of carbonyl (C=O) groups excluding carboxylic acids is 1. The lowest BCUT2D eigenvalue weighted by Gasteiger charge is -2.41. The Morgan fingerprint density at radius 1 is 1.03 bits per heavy atom. The Morgan fingerprint density at radius 2 is 1.79 bits per heavy atom. The fourth-order valence-corrected chi connectivity index (χ4v) is 5.26. The van der Waals surface area contributed by atoms with Crippen molar-refractivity contribution in [2.75, 3.05) is 24.5 Å². The second-order valence-corrected chi connectivity index (χ2v) is 9.48. The van der Waals surface area contributed by atoms with Gasteiger partial charge in [0.2, 0.25) is 0 Å². The Bertz CT molecular complexity index is 1240. The maximum absolute atomic E-state index is 12.0. The van der Waals surface area contributed by atoms with E-state index in [0.717, 1.165) is 46.5 Å². The van der Waals surface area contributed by atoms with Gasteiger partial charge in [-0.25, -0.2) is 4.79 Å². The Labute approximate surface area is 203 Å². The van der Waals surface area contributed by atoms with Gasteiger partial charge in [-0.05, 0) is 60.0 Å². The number of hydrogen-bond acceptors (Lipinski definition) is 4. The van der Waals surface area contributed by atoms with Crippen molar-refractivity contribution in [3.8, 4) is 0 Å². The molecule has 0 bridgehead atoms. The number of halogens is 2. The number of aromatic nitrogens is 1. The lowest BCUT2D eigenvalue weighted by Crippen LogP contribution is -2.43. The third-order valence-electron chi connectivity index (χ3n) is 6.63. The number of allylic oxidation sites excluding steroid dienone is 1. The van der Waals surface area contributed by atoms with Crippen LogP contribution >= 0.6 is 23.2 Å². The number of nitrogens with zero attached hydrogens (tertiary/aromatic N) is 3. The van der Waals surface area contributed by atoms with Gasteiger partial charge in [0.25, 0.3) is 0 Å². The van der Waals surface area contributed by atoms with E-state index in [1.54, 1.807) is 0 Å². The zero-order valence-corrected chi connectivity index (χ0v) is 19.6. The zero-order valence-electron chi connectivity index (χ0n) is 18.0. The summed E-state index contributed by atoms with van der Waals surface area (Å²) in [5.74, 6) is 2.24. The van der Waals surface area contributed by atoms with Gasteiger partial charge in [-0.2, -0.15) is 0 Å². The van der Waals surface area contributed by atoms with Crippen LogP contribution in [0, 0.1) is 0 Å². The van der Waals surface area contributed by atoms with Crippen molar-refractivity contribution in [1.29, 1.82) is 0 Å². The number of piperidine rings is 1. The van der Waals surface area contributed by atoms with Crippen molar-refractivity contribution < 1.29 is 4.79 Å². The molecule has 1 spiro atoms. The highest BCUT2D eigenvalue weighted by molar-refractivity contribution is 6.31. The number of likely N-dealkylation sites (tertiary alicyclic amines) is 1. The first kappa shape index (κ1) is 21.8. The molecule has 166 valence electrons. The van der Waals surface area contributed by atoms with Gasteiger partial charge in [0, 0.05) is 65.3 Å². The Hall–Kier alpha value is -3.04. The second-order valence-electron chi connectivity index (χ2n) is 8.61. The topological polar surface area (TPSA) is 36.4 Å². The van der Waals surface area contributed by atoms with Gasteiger partial charge < -0.3 is 9.80 Å². The third-order valence-corrected chi connectivity index (χ3v) is 7.11. The monoisotopic (exact) mass is 475 g/mol. The highest BCUT2D eigenvalue weighted by atomic mass is 35.5. The number of benzene rings is 2. The summed E-state index contributed by atoms with van der Waals surface area (Å²) in [4.78, 5) is 20.6. The predicted octanol–water partition coefficient (Wildman–Crippen LogP) is 6.30. The number of hydrogen-bond donors (Lipinski definition) is 0. The quantitative estimate of drug-likeness (QED) is 0.414. The normalized spacial score (nSPS) is 19.9. The molecule has 2 aromatic carbocycles. The van der Waals surface area contributed by atoms with Crippen LogP contribution in [0.2, 0.25) is 10.0 Å². The summed E-state index contributed by atoms with van der Waals surface area (Å²) in [7, 11) is 0. The first-order chi connectivity index (χ1) is 16.1. The number of fused-ring (bicyclic) bond motifs is 2. The highest BCUT2D eigenvalue weighted by Gasteiger charge is 2.46. The summed E-state index contributed by atoms with van der Waals surface area (Å²) >= 11 is 12.4. The van der Waals surface area contributed by atoms with Crippen molar-refractivity contribution in [2.24, 2.45) is 0 Å². The van der Waals surface area contributed by atoms with E-state index in [1.165, 1.54) is 5.56 Å². The standard InChI is InChI=1S/C27H23Cl2N3O/c28-21-5-3-20(4-6-21)2-1-14-31-15-11-27(17-24(31)18-33)19-32(23-9-12-30-13-10-23)26-8-7-22(29)16-25(26)27/h1-10,12-13,16H,11,14-15,17,19H2/b2-1+. The van der Waals surface area contributed by atoms with Crippen LogP contribution in [0.3, 0.4) is 0 Å². The molecule has 2 aliphatic rings. The Morgan fingerprint density at radius 3 is 2.55 bits per heavy atom. The first-order valence-electron chi connectivity index (χ1n) is 11.0. The summed E-state index contributed by atoms with van der Waals surface area (Å²) in [6, 6.07) is 17.8. The lowest BCUT2D eigenvalue weighted by molar-refractivity contribution is 0.238. The molecule has 3 heterocycles. The smallest absolute Gasteiger partial charge is 0.145 e. The molecule has 0 aliphatic carbocycles. The molecule has 1 unspecified atom stereocenters. The lowest BCUT2D eigenvalue weighted by atomic mass is 9.73. The minimum Gasteiger partial charge on any atom is -0.362 e. The summed E-state index contributed by atoms with van der Waals surface area (Å²) in [6.45, 7) is 2.25. The largest absolute Gasteiger partial charge is 0.362 e.